The Kier molecular flexibility index (Phi) is 2.64. The Morgan fingerprint density at radius 3 is 2.73 bits per heavy atom. The molecule has 0 aliphatic rings. The first-order chi connectivity index (χ1) is 7.20. The first-order valence-corrected chi connectivity index (χ1v) is 5.39. The van der Waals surface area contributed by atoms with Gasteiger partial charge in [-0.25, -0.2) is 4.39 Å². The molecular weight excluding hydrogens is 211 g/mol. The number of benzene rings is 1. The standard InChI is InChI=1S/C12H9FOS/c1-8-4-12(15-7-8)10-5-9(6-14)2-3-11(10)13/h2-7H,1H3. The van der Waals surface area contributed by atoms with E-state index in [9.17, 15) is 9.18 Å². The van der Waals surface area contributed by atoms with Gasteiger partial charge in [0.1, 0.15) is 12.1 Å². The van der Waals surface area contributed by atoms with E-state index in [4.69, 9.17) is 0 Å². The van der Waals surface area contributed by atoms with Gasteiger partial charge in [0.25, 0.3) is 0 Å². The third-order valence-electron chi connectivity index (χ3n) is 2.12. The number of hydrogen-bond donors (Lipinski definition) is 0. The van der Waals surface area contributed by atoms with Gasteiger partial charge in [-0.05, 0) is 42.1 Å². The summed E-state index contributed by atoms with van der Waals surface area (Å²) in [7, 11) is 0. The zero-order chi connectivity index (χ0) is 10.8. The van der Waals surface area contributed by atoms with Gasteiger partial charge < -0.3 is 0 Å². The van der Waals surface area contributed by atoms with Crippen LogP contribution in [0.4, 0.5) is 4.39 Å². The monoisotopic (exact) mass is 220 g/mol. The molecule has 1 aromatic carbocycles. The van der Waals surface area contributed by atoms with Crippen molar-refractivity contribution in [3.63, 3.8) is 0 Å². The maximum absolute atomic E-state index is 13.5. The summed E-state index contributed by atoms with van der Waals surface area (Å²) in [6.07, 6.45) is 0.726. The van der Waals surface area contributed by atoms with E-state index in [0.717, 1.165) is 16.7 Å². The lowest BCUT2D eigenvalue weighted by Gasteiger charge is -2.00. The Balaban J connectivity index is 2.55. The summed E-state index contributed by atoms with van der Waals surface area (Å²) in [6, 6.07) is 6.30. The molecule has 1 nitrogen and oxygen atoms in total. The van der Waals surface area contributed by atoms with Gasteiger partial charge in [0.2, 0.25) is 0 Å². The second-order valence-electron chi connectivity index (χ2n) is 3.35. The highest BCUT2D eigenvalue weighted by Gasteiger charge is 2.07. The fraction of sp³-hybridized carbons (Fsp3) is 0.0833. The Bertz CT molecular complexity index is 502. The quantitative estimate of drug-likeness (QED) is 0.706. The number of rotatable bonds is 2. The normalized spacial score (nSPS) is 10.3. The van der Waals surface area contributed by atoms with Crippen molar-refractivity contribution >= 4 is 17.6 Å². The summed E-state index contributed by atoms with van der Waals surface area (Å²) in [4.78, 5) is 11.4. The molecule has 15 heavy (non-hydrogen) atoms. The van der Waals surface area contributed by atoms with Gasteiger partial charge in [-0.2, -0.15) is 0 Å². The lowest BCUT2D eigenvalue weighted by molar-refractivity contribution is 0.112. The highest BCUT2D eigenvalue weighted by Crippen LogP contribution is 2.29. The topological polar surface area (TPSA) is 17.1 Å². The van der Waals surface area contributed by atoms with Crippen molar-refractivity contribution in [2.45, 2.75) is 6.92 Å². The van der Waals surface area contributed by atoms with Crippen LogP contribution in [-0.4, -0.2) is 6.29 Å². The molecule has 0 unspecified atom stereocenters. The molecule has 0 spiro atoms. The molecule has 2 rings (SSSR count). The van der Waals surface area contributed by atoms with Gasteiger partial charge in [0.15, 0.2) is 0 Å². The van der Waals surface area contributed by atoms with E-state index < -0.39 is 0 Å². The van der Waals surface area contributed by atoms with Crippen molar-refractivity contribution in [3.05, 3.63) is 46.6 Å². The number of halogens is 1. The molecule has 0 bridgehead atoms. The smallest absolute Gasteiger partial charge is 0.150 e. The maximum atomic E-state index is 13.5. The lowest BCUT2D eigenvalue weighted by atomic mass is 10.1. The van der Waals surface area contributed by atoms with E-state index in [1.165, 1.54) is 23.5 Å². The molecule has 0 aliphatic carbocycles. The molecule has 1 heterocycles. The van der Waals surface area contributed by atoms with Crippen molar-refractivity contribution in [2.24, 2.45) is 0 Å². The number of thiophene rings is 1. The summed E-state index contributed by atoms with van der Waals surface area (Å²) in [5.41, 5.74) is 2.10. The van der Waals surface area contributed by atoms with Crippen LogP contribution in [-0.2, 0) is 0 Å². The fourth-order valence-corrected chi connectivity index (χ4v) is 2.30. The average molecular weight is 220 g/mol. The molecule has 76 valence electrons. The van der Waals surface area contributed by atoms with Crippen LogP contribution in [0.5, 0.6) is 0 Å². The second kappa shape index (κ2) is 3.95. The summed E-state index contributed by atoms with van der Waals surface area (Å²) >= 11 is 1.48. The Labute approximate surface area is 91.2 Å². The maximum Gasteiger partial charge on any atom is 0.150 e. The molecule has 0 saturated carbocycles. The number of aryl methyl sites for hydroxylation is 1. The summed E-state index contributed by atoms with van der Waals surface area (Å²) in [5, 5.41) is 1.96. The van der Waals surface area contributed by atoms with Crippen molar-refractivity contribution in [1.82, 2.24) is 0 Å². The predicted octanol–water partition coefficient (Wildman–Crippen LogP) is 3.68. The Morgan fingerprint density at radius 1 is 1.33 bits per heavy atom. The van der Waals surface area contributed by atoms with Gasteiger partial charge in [0.05, 0.1) is 0 Å². The van der Waals surface area contributed by atoms with Gasteiger partial charge in [-0.1, -0.05) is 0 Å². The molecule has 2 aromatic rings. The minimum atomic E-state index is -0.289. The summed E-state index contributed by atoms with van der Waals surface area (Å²) in [6.45, 7) is 1.96. The van der Waals surface area contributed by atoms with Gasteiger partial charge in [-0.15, -0.1) is 11.3 Å². The third-order valence-corrected chi connectivity index (χ3v) is 3.20. The minimum absolute atomic E-state index is 0.289. The zero-order valence-electron chi connectivity index (χ0n) is 8.16. The first-order valence-electron chi connectivity index (χ1n) is 4.51. The van der Waals surface area contributed by atoms with Crippen LogP contribution >= 0.6 is 11.3 Å². The average Bonchev–Trinajstić information content (AvgIpc) is 2.65. The van der Waals surface area contributed by atoms with Crippen molar-refractivity contribution < 1.29 is 9.18 Å². The van der Waals surface area contributed by atoms with E-state index in [2.05, 4.69) is 0 Å². The molecule has 0 saturated heterocycles. The summed E-state index contributed by atoms with van der Waals surface area (Å²) < 4.78 is 13.5. The minimum Gasteiger partial charge on any atom is -0.298 e. The van der Waals surface area contributed by atoms with E-state index >= 15 is 0 Å². The van der Waals surface area contributed by atoms with Crippen molar-refractivity contribution in [2.75, 3.05) is 0 Å². The lowest BCUT2D eigenvalue weighted by Crippen LogP contribution is -1.85. The third kappa shape index (κ3) is 1.97. The number of carbonyl (C=O) groups is 1. The number of carbonyl (C=O) groups excluding carboxylic acids is 1. The molecule has 0 aliphatic heterocycles. The van der Waals surface area contributed by atoms with Crippen LogP contribution in [0.15, 0.2) is 29.6 Å². The van der Waals surface area contributed by atoms with Crippen LogP contribution < -0.4 is 0 Å². The van der Waals surface area contributed by atoms with Gasteiger partial charge in [0, 0.05) is 16.0 Å². The predicted molar refractivity (Wildman–Crippen MR) is 59.8 cm³/mol. The molecule has 1 aromatic heterocycles. The van der Waals surface area contributed by atoms with Gasteiger partial charge >= 0.3 is 0 Å². The first kappa shape index (κ1) is 10.1. The molecule has 3 heteroatoms. The Hall–Kier alpha value is -1.48. The van der Waals surface area contributed by atoms with Crippen LogP contribution in [0.1, 0.15) is 15.9 Å². The largest absolute Gasteiger partial charge is 0.298 e. The SMILES string of the molecule is Cc1csc(-c2cc(C=O)ccc2F)c1. The highest BCUT2D eigenvalue weighted by molar-refractivity contribution is 7.13. The van der Waals surface area contributed by atoms with Crippen LogP contribution in [0, 0.1) is 12.7 Å². The number of hydrogen-bond acceptors (Lipinski definition) is 2. The molecule has 0 atom stereocenters. The zero-order valence-corrected chi connectivity index (χ0v) is 8.98. The fourth-order valence-electron chi connectivity index (χ4n) is 1.38. The van der Waals surface area contributed by atoms with E-state index in [1.54, 1.807) is 6.07 Å². The van der Waals surface area contributed by atoms with Crippen molar-refractivity contribution in [3.8, 4) is 10.4 Å². The van der Waals surface area contributed by atoms with Gasteiger partial charge in [-0.3, -0.25) is 4.79 Å². The summed E-state index contributed by atoms with van der Waals surface area (Å²) in [5.74, 6) is -0.289. The van der Waals surface area contributed by atoms with E-state index in [-0.39, 0.29) is 5.82 Å². The van der Waals surface area contributed by atoms with Crippen LogP contribution in [0.2, 0.25) is 0 Å². The second-order valence-corrected chi connectivity index (χ2v) is 4.26. The van der Waals surface area contributed by atoms with Crippen LogP contribution in [0.3, 0.4) is 0 Å². The Morgan fingerprint density at radius 2 is 2.13 bits per heavy atom. The highest BCUT2D eigenvalue weighted by atomic mass is 32.1. The van der Waals surface area contributed by atoms with E-state index in [1.807, 2.05) is 18.4 Å². The number of aldehydes is 1. The molecule has 0 radical (unpaired) electrons. The molecule has 0 fully saturated rings. The molecule has 0 N–H and O–H groups in total. The van der Waals surface area contributed by atoms with E-state index in [0.29, 0.717) is 11.1 Å². The molecular formula is C12H9FOS. The van der Waals surface area contributed by atoms with Crippen LogP contribution in [0.25, 0.3) is 10.4 Å². The molecule has 0 amide bonds. The van der Waals surface area contributed by atoms with Crippen molar-refractivity contribution in [1.29, 1.82) is 0 Å².